The van der Waals surface area contributed by atoms with E-state index in [0.29, 0.717) is 11.8 Å². The summed E-state index contributed by atoms with van der Waals surface area (Å²) in [6.07, 6.45) is 0.317. The van der Waals surface area contributed by atoms with Crippen LogP contribution in [0.5, 0.6) is 0 Å². The second-order valence-electron chi connectivity index (χ2n) is 5.76. The lowest BCUT2D eigenvalue weighted by Crippen LogP contribution is -2.37. The number of para-hydroxylation sites is 1. The van der Waals surface area contributed by atoms with Crippen molar-refractivity contribution < 1.29 is 14.0 Å². The average molecular weight is 340 g/mol. The highest BCUT2D eigenvalue weighted by atomic mass is 19.1. The second-order valence-corrected chi connectivity index (χ2v) is 5.76. The normalized spacial score (nSPS) is 12.0. The Labute approximate surface area is 143 Å². The van der Waals surface area contributed by atoms with Gasteiger partial charge in [-0.05, 0) is 30.2 Å². The molecular weight excluding hydrogens is 323 g/mol. The van der Waals surface area contributed by atoms with E-state index in [1.807, 2.05) is 18.2 Å². The van der Waals surface area contributed by atoms with Crippen molar-refractivity contribution in [3.63, 3.8) is 0 Å². The summed E-state index contributed by atoms with van der Waals surface area (Å²) in [5.41, 5.74) is 7.21. The van der Waals surface area contributed by atoms with Gasteiger partial charge in [-0.1, -0.05) is 30.3 Å². The van der Waals surface area contributed by atoms with Crippen LogP contribution < -0.4 is 11.1 Å². The highest BCUT2D eigenvalue weighted by Crippen LogP contribution is 2.15. The molecule has 0 bridgehead atoms. The van der Waals surface area contributed by atoms with Crippen LogP contribution in [0, 0.1) is 11.7 Å². The topological polar surface area (TPSA) is 101 Å². The molecule has 0 aliphatic heterocycles. The van der Waals surface area contributed by atoms with Crippen LogP contribution in [0.25, 0.3) is 10.9 Å². The molecular formula is C18H17FN4O2. The molecule has 2 aromatic carbocycles. The van der Waals surface area contributed by atoms with Gasteiger partial charge in [-0.25, -0.2) is 4.39 Å². The number of benzene rings is 2. The lowest BCUT2D eigenvalue weighted by Gasteiger charge is -2.14. The largest absolute Gasteiger partial charge is 0.369 e. The first kappa shape index (κ1) is 16.6. The van der Waals surface area contributed by atoms with E-state index in [2.05, 4.69) is 15.5 Å². The van der Waals surface area contributed by atoms with Gasteiger partial charge in [0.2, 0.25) is 5.91 Å². The average Bonchev–Trinajstić information content (AvgIpc) is 3.04. The van der Waals surface area contributed by atoms with Gasteiger partial charge in [0.15, 0.2) is 5.69 Å². The number of carbonyl (C=O) groups is 2. The number of primary amides is 1. The summed E-state index contributed by atoms with van der Waals surface area (Å²) >= 11 is 0. The summed E-state index contributed by atoms with van der Waals surface area (Å²) < 4.78 is 13.0. The first-order chi connectivity index (χ1) is 12.0. The van der Waals surface area contributed by atoms with Crippen LogP contribution in [0.4, 0.5) is 4.39 Å². The monoisotopic (exact) mass is 340 g/mol. The Morgan fingerprint density at radius 2 is 1.88 bits per heavy atom. The molecule has 0 saturated carbocycles. The van der Waals surface area contributed by atoms with E-state index in [-0.39, 0.29) is 24.0 Å². The minimum absolute atomic E-state index is 0.0761. The van der Waals surface area contributed by atoms with E-state index in [1.165, 1.54) is 12.1 Å². The molecule has 1 aromatic heterocycles. The summed E-state index contributed by atoms with van der Waals surface area (Å²) in [6.45, 7) is 0.0761. The van der Waals surface area contributed by atoms with Crippen molar-refractivity contribution in [1.29, 1.82) is 0 Å². The fourth-order valence-corrected chi connectivity index (χ4v) is 2.61. The molecule has 4 N–H and O–H groups in total. The Bertz CT molecular complexity index is 905. The third-order valence-corrected chi connectivity index (χ3v) is 3.99. The van der Waals surface area contributed by atoms with Gasteiger partial charge in [0.25, 0.3) is 5.91 Å². The first-order valence-electron chi connectivity index (χ1n) is 7.79. The van der Waals surface area contributed by atoms with Crippen molar-refractivity contribution in [2.45, 2.75) is 6.42 Å². The van der Waals surface area contributed by atoms with E-state index < -0.39 is 11.8 Å². The van der Waals surface area contributed by atoms with Gasteiger partial charge >= 0.3 is 0 Å². The number of amides is 2. The molecule has 1 heterocycles. The van der Waals surface area contributed by atoms with E-state index in [0.717, 1.165) is 11.1 Å². The molecule has 0 radical (unpaired) electrons. The SMILES string of the molecule is NC(=O)C(CNC(=O)c1n[nH]c2ccccc12)Cc1ccc(F)cc1. The lowest BCUT2D eigenvalue weighted by atomic mass is 9.98. The minimum Gasteiger partial charge on any atom is -0.369 e. The summed E-state index contributed by atoms with van der Waals surface area (Å²) in [7, 11) is 0. The highest BCUT2D eigenvalue weighted by molar-refractivity contribution is 6.04. The van der Waals surface area contributed by atoms with Crippen molar-refractivity contribution in [2.24, 2.45) is 11.7 Å². The molecule has 1 unspecified atom stereocenters. The number of aromatic nitrogens is 2. The molecule has 2 amide bonds. The van der Waals surface area contributed by atoms with Crippen molar-refractivity contribution >= 4 is 22.7 Å². The number of rotatable bonds is 6. The number of aromatic amines is 1. The van der Waals surface area contributed by atoms with Crippen LogP contribution in [-0.4, -0.2) is 28.6 Å². The molecule has 0 spiro atoms. The zero-order chi connectivity index (χ0) is 17.8. The fourth-order valence-electron chi connectivity index (χ4n) is 2.61. The first-order valence-corrected chi connectivity index (χ1v) is 7.79. The highest BCUT2D eigenvalue weighted by Gasteiger charge is 2.19. The molecule has 0 saturated heterocycles. The Kier molecular flexibility index (Phi) is 4.74. The lowest BCUT2D eigenvalue weighted by molar-refractivity contribution is -0.121. The van der Waals surface area contributed by atoms with E-state index in [1.54, 1.807) is 18.2 Å². The number of nitrogens with one attached hydrogen (secondary N) is 2. The summed E-state index contributed by atoms with van der Waals surface area (Å²) in [5.74, 6) is -1.86. The number of hydrogen-bond acceptors (Lipinski definition) is 3. The second kappa shape index (κ2) is 7.12. The van der Waals surface area contributed by atoms with Crippen molar-refractivity contribution in [2.75, 3.05) is 6.54 Å². The number of nitrogens with two attached hydrogens (primary N) is 1. The molecule has 3 aromatic rings. The predicted molar refractivity (Wildman–Crippen MR) is 91.2 cm³/mol. The summed E-state index contributed by atoms with van der Waals surface area (Å²) in [4.78, 5) is 24.0. The molecule has 128 valence electrons. The van der Waals surface area contributed by atoms with Gasteiger partial charge in [-0.15, -0.1) is 0 Å². The Balaban J connectivity index is 1.67. The van der Waals surface area contributed by atoms with Gasteiger partial charge in [-0.3, -0.25) is 14.7 Å². The van der Waals surface area contributed by atoms with Crippen LogP contribution in [-0.2, 0) is 11.2 Å². The van der Waals surface area contributed by atoms with Gasteiger partial charge in [0.05, 0.1) is 11.4 Å². The third-order valence-electron chi connectivity index (χ3n) is 3.99. The molecule has 0 aliphatic rings. The van der Waals surface area contributed by atoms with Crippen molar-refractivity contribution in [3.05, 3.63) is 65.6 Å². The van der Waals surface area contributed by atoms with Crippen LogP contribution in [0.3, 0.4) is 0 Å². The zero-order valence-electron chi connectivity index (χ0n) is 13.3. The van der Waals surface area contributed by atoms with Crippen molar-refractivity contribution in [3.8, 4) is 0 Å². The number of nitrogens with zero attached hydrogens (tertiary/aromatic N) is 1. The number of hydrogen-bond donors (Lipinski definition) is 3. The van der Waals surface area contributed by atoms with Gasteiger partial charge in [0, 0.05) is 11.9 Å². The number of H-pyrrole nitrogens is 1. The molecule has 1 atom stereocenters. The fraction of sp³-hybridized carbons (Fsp3) is 0.167. The Morgan fingerprint density at radius 3 is 2.60 bits per heavy atom. The predicted octanol–water partition coefficient (Wildman–Crippen LogP) is 1.78. The Morgan fingerprint density at radius 1 is 1.16 bits per heavy atom. The van der Waals surface area contributed by atoms with E-state index >= 15 is 0 Å². The molecule has 25 heavy (non-hydrogen) atoms. The van der Waals surface area contributed by atoms with Gasteiger partial charge in [-0.2, -0.15) is 5.10 Å². The molecule has 0 aliphatic carbocycles. The number of fused-ring (bicyclic) bond motifs is 1. The van der Waals surface area contributed by atoms with Crippen LogP contribution in [0.1, 0.15) is 16.1 Å². The van der Waals surface area contributed by atoms with Crippen LogP contribution in [0.15, 0.2) is 48.5 Å². The number of halogens is 1. The molecule has 6 nitrogen and oxygen atoms in total. The van der Waals surface area contributed by atoms with Crippen LogP contribution in [0.2, 0.25) is 0 Å². The Hall–Kier alpha value is -3.22. The summed E-state index contributed by atoms with van der Waals surface area (Å²) in [6, 6.07) is 13.1. The molecule has 7 heteroatoms. The van der Waals surface area contributed by atoms with Gasteiger partial charge in [0.1, 0.15) is 5.82 Å². The molecule has 0 fully saturated rings. The van der Waals surface area contributed by atoms with E-state index in [4.69, 9.17) is 5.73 Å². The van der Waals surface area contributed by atoms with Crippen molar-refractivity contribution in [1.82, 2.24) is 15.5 Å². The standard InChI is InChI=1S/C18H17FN4O2/c19-13-7-5-11(6-8-13)9-12(17(20)24)10-21-18(25)16-14-3-1-2-4-15(14)22-23-16/h1-8,12H,9-10H2,(H2,20,24)(H,21,25)(H,22,23). The van der Waals surface area contributed by atoms with Crippen LogP contribution >= 0.6 is 0 Å². The smallest absolute Gasteiger partial charge is 0.272 e. The quantitative estimate of drug-likeness (QED) is 0.637. The summed E-state index contributed by atoms with van der Waals surface area (Å²) in [5, 5.41) is 10.2. The number of carbonyl (C=O) groups excluding carboxylic acids is 2. The maximum absolute atomic E-state index is 13.0. The minimum atomic E-state index is -0.598. The third kappa shape index (κ3) is 3.82. The van der Waals surface area contributed by atoms with E-state index in [9.17, 15) is 14.0 Å². The van der Waals surface area contributed by atoms with Gasteiger partial charge < -0.3 is 11.1 Å². The maximum Gasteiger partial charge on any atom is 0.272 e. The molecule has 3 rings (SSSR count). The maximum atomic E-state index is 13.0. The zero-order valence-corrected chi connectivity index (χ0v) is 13.3.